The number of carbonyl (C=O) groups is 1. The molecule has 0 radical (unpaired) electrons. The molecule has 2 aromatic carbocycles. The van der Waals surface area contributed by atoms with Gasteiger partial charge >= 0.3 is 0 Å². The summed E-state index contributed by atoms with van der Waals surface area (Å²) in [6, 6.07) is 16.2. The number of nitrogens with one attached hydrogen (secondary N) is 1. The molecular formula is C28H32N2O2. The predicted octanol–water partition coefficient (Wildman–Crippen LogP) is 6.16. The van der Waals surface area contributed by atoms with Crippen LogP contribution in [0, 0.1) is 24.7 Å². The lowest BCUT2D eigenvalue weighted by molar-refractivity contribution is 0.0917. The van der Waals surface area contributed by atoms with Crippen LogP contribution >= 0.6 is 0 Å². The maximum absolute atomic E-state index is 13.5. The Morgan fingerprint density at radius 3 is 2.62 bits per heavy atom. The SMILES string of the molecule is CCOc1ccc(-c2cc(C(=O)N[C@@H](C)[C@H]3C[C@@H]4CC[C@@H]3C4)c3cc(C)ccc3n2)cc1. The number of ether oxygens (including phenoxy) is 1. The minimum atomic E-state index is 0.00506. The van der Waals surface area contributed by atoms with Crippen LogP contribution in [0.25, 0.3) is 22.2 Å². The molecule has 1 aromatic heterocycles. The molecule has 4 atom stereocenters. The zero-order chi connectivity index (χ0) is 22.2. The lowest BCUT2D eigenvalue weighted by atomic mass is 9.84. The van der Waals surface area contributed by atoms with Crippen LogP contribution in [-0.2, 0) is 0 Å². The standard InChI is InChI=1S/C28H32N2O2/c1-4-32-22-10-8-20(9-11-22)27-16-25(24-13-17(2)5-12-26(24)30-27)28(31)29-18(3)23-15-19-6-7-21(23)14-19/h5,8-13,16,18-19,21,23H,4,6-7,14-15H2,1-3H3,(H,29,31)/t18-,19+,21+,23+/m0/s1. The predicted molar refractivity (Wildman–Crippen MR) is 129 cm³/mol. The first-order chi connectivity index (χ1) is 15.5. The third kappa shape index (κ3) is 3.99. The second-order valence-corrected chi connectivity index (χ2v) is 9.63. The van der Waals surface area contributed by atoms with E-state index >= 15 is 0 Å². The van der Waals surface area contributed by atoms with Crippen LogP contribution in [0.5, 0.6) is 5.75 Å². The Bertz CT molecular complexity index is 1140. The fourth-order valence-corrected chi connectivity index (χ4v) is 5.86. The van der Waals surface area contributed by atoms with Gasteiger partial charge < -0.3 is 10.1 Å². The number of pyridine rings is 1. The second kappa shape index (κ2) is 8.57. The summed E-state index contributed by atoms with van der Waals surface area (Å²) in [5.41, 5.74) is 4.47. The molecule has 0 saturated heterocycles. The zero-order valence-corrected chi connectivity index (χ0v) is 19.2. The van der Waals surface area contributed by atoms with E-state index in [2.05, 4.69) is 31.3 Å². The number of amides is 1. The topological polar surface area (TPSA) is 51.2 Å². The summed E-state index contributed by atoms with van der Waals surface area (Å²) in [5, 5.41) is 4.27. The van der Waals surface area contributed by atoms with Crippen LogP contribution in [0.2, 0.25) is 0 Å². The first-order valence-corrected chi connectivity index (χ1v) is 12.0. The molecule has 3 aromatic rings. The van der Waals surface area contributed by atoms with Gasteiger partial charge in [0.2, 0.25) is 0 Å². The number of hydrogen-bond donors (Lipinski definition) is 1. The summed E-state index contributed by atoms with van der Waals surface area (Å²) in [5.74, 6) is 3.11. The van der Waals surface area contributed by atoms with Crippen molar-refractivity contribution < 1.29 is 9.53 Å². The van der Waals surface area contributed by atoms with Gasteiger partial charge in [0.15, 0.2) is 0 Å². The monoisotopic (exact) mass is 428 g/mol. The van der Waals surface area contributed by atoms with Gasteiger partial charge in [-0.05, 0) is 100 Å². The van der Waals surface area contributed by atoms with Crippen LogP contribution in [0.4, 0.5) is 0 Å². The highest BCUT2D eigenvalue weighted by Gasteiger charge is 2.42. The van der Waals surface area contributed by atoms with Crippen molar-refractivity contribution in [1.82, 2.24) is 10.3 Å². The summed E-state index contributed by atoms with van der Waals surface area (Å²) >= 11 is 0. The van der Waals surface area contributed by atoms with E-state index < -0.39 is 0 Å². The Morgan fingerprint density at radius 2 is 1.94 bits per heavy atom. The molecule has 0 unspecified atom stereocenters. The Kier molecular flexibility index (Phi) is 5.62. The lowest BCUT2D eigenvalue weighted by Gasteiger charge is -2.28. The molecule has 2 fully saturated rings. The van der Waals surface area contributed by atoms with Gasteiger partial charge in [-0.1, -0.05) is 18.1 Å². The molecule has 1 heterocycles. The van der Waals surface area contributed by atoms with E-state index in [-0.39, 0.29) is 11.9 Å². The van der Waals surface area contributed by atoms with Gasteiger partial charge in [0.05, 0.1) is 23.4 Å². The van der Waals surface area contributed by atoms with Gasteiger partial charge in [0.25, 0.3) is 5.91 Å². The van der Waals surface area contributed by atoms with E-state index in [0.29, 0.717) is 18.1 Å². The first-order valence-electron chi connectivity index (χ1n) is 12.0. The number of benzene rings is 2. The summed E-state index contributed by atoms with van der Waals surface area (Å²) in [6.45, 7) is 6.85. The molecule has 0 aliphatic heterocycles. The molecule has 166 valence electrons. The number of hydrogen-bond acceptors (Lipinski definition) is 3. The van der Waals surface area contributed by atoms with Gasteiger partial charge in [0, 0.05) is 17.0 Å². The molecule has 2 saturated carbocycles. The third-order valence-electron chi connectivity index (χ3n) is 7.46. The van der Waals surface area contributed by atoms with Crippen molar-refractivity contribution in [3.8, 4) is 17.0 Å². The highest BCUT2D eigenvalue weighted by atomic mass is 16.5. The quantitative estimate of drug-likeness (QED) is 0.511. The van der Waals surface area contributed by atoms with Gasteiger partial charge in [-0.25, -0.2) is 4.98 Å². The van der Waals surface area contributed by atoms with Crippen molar-refractivity contribution in [3.63, 3.8) is 0 Å². The smallest absolute Gasteiger partial charge is 0.252 e. The van der Waals surface area contributed by atoms with E-state index in [4.69, 9.17) is 9.72 Å². The number of aromatic nitrogens is 1. The zero-order valence-electron chi connectivity index (χ0n) is 19.2. The average molecular weight is 429 g/mol. The summed E-state index contributed by atoms with van der Waals surface area (Å²) in [7, 11) is 0. The number of fused-ring (bicyclic) bond motifs is 3. The molecule has 4 nitrogen and oxygen atoms in total. The van der Waals surface area contributed by atoms with E-state index in [0.717, 1.165) is 45.3 Å². The third-order valence-corrected chi connectivity index (χ3v) is 7.46. The molecule has 5 rings (SSSR count). The normalized spacial score (nSPS) is 22.8. The molecule has 2 bridgehead atoms. The molecule has 32 heavy (non-hydrogen) atoms. The maximum atomic E-state index is 13.5. The number of carbonyl (C=O) groups excluding carboxylic acids is 1. The van der Waals surface area contributed by atoms with Gasteiger partial charge in [0.1, 0.15) is 5.75 Å². The Morgan fingerprint density at radius 1 is 1.12 bits per heavy atom. The highest BCUT2D eigenvalue weighted by molar-refractivity contribution is 6.07. The number of rotatable bonds is 6. The highest BCUT2D eigenvalue weighted by Crippen LogP contribution is 2.49. The second-order valence-electron chi connectivity index (χ2n) is 9.63. The van der Waals surface area contributed by atoms with E-state index in [1.54, 1.807) is 0 Å². The van der Waals surface area contributed by atoms with Crippen molar-refractivity contribution in [2.45, 2.75) is 52.5 Å². The fraction of sp³-hybridized carbons (Fsp3) is 0.429. The van der Waals surface area contributed by atoms with Crippen molar-refractivity contribution in [1.29, 1.82) is 0 Å². The largest absolute Gasteiger partial charge is 0.494 e. The average Bonchev–Trinajstić information content (AvgIpc) is 3.43. The molecule has 4 heteroatoms. The van der Waals surface area contributed by atoms with Gasteiger partial charge in [-0.15, -0.1) is 0 Å². The molecule has 0 spiro atoms. The number of nitrogens with zero attached hydrogens (tertiary/aromatic N) is 1. The van der Waals surface area contributed by atoms with Crippen LogP contribution in [0.3, 0.4) is 0 Å². The Labute approximate surface area is 190 Å². The summed E-state index contributed by atoms with van der Waals surface area (Å²) in [6.07, 6.45) is 5.32. The van der Waals surface area contributed by atoms with Crippen LogP contribution in [-0.4, -0.2) is 23.5 Å². The molecule has 2 aliphatic carbocycles. The minimum absolute atomic E-state index is 0.00506. The van der Waals surface area contributed by atoms with Crippen molar-refractivity contribution in [3.05, 3.63) is 59.7 Å². The fourth-order valence-electron chi connectivity index (χ4n) is 5.86. The summed E-state index contributed by atoms with van der Waals surface area (Å²) < 4.78 is 5.57. The van der Waals surface area contributed by atoms with E-state index in [1.807, 2.05) is 43.3 Å². The molecular weight excluding hydrogens is 396 g/mol. The van der Waals surface area contributed by atoms with Crippen LogP contribution < -0.4 is 10.1 Å². The molecule has 2 aliphatic rings. The van der Waals surface area contributed by atoms with Crippen LogP contribution in [0.1, 0.15) is 55.5 Å². The van der Waals surface area contributed by atoms with Crippen molar-refractivity contribution in [2.24, 2.45) is 17.8 Å². The van der Waals surface area contributed by atoms with Gasteiger partial charge in [-0.2, -0.15) is 0 Å². The van der Waals surface area contributed by atoms with Crippen LogP contribution in [0.15, 0.2) is 48.5 Å². The van der Waals surface area contributed by atoms with E-state index in [9.17, 15) is 4.79 Å². The van der Waals surface area contributed by atoms with Crippen molar-refractivity contribution in [2.75, 3.05) is 6.61 Å². The molecule has 1 amide bonds. The summed E-state index contributed by atoms with van der Waals surface area (Å²) in [4.78, 5) is 18.4. The van der Waals surface area contributed by atoms with Gasteiger partial charge in [-0.3, -0.25) is 4.79 Å². The lowest BCUT2D eigenvalue weighted by Crippen LogP contribution is -2.40. The first kappa shape index (κ1) is 21.0. The number of aryl methyl sites for hydroxylation is 1. The van der Waals surface area contributed by atoms with Crippen molar-refractivity contribution >= 4 is 16.8 Å². The minimum Gasteiger partial charge on any atom is -0.494 e. The Balaban J connectivity index is 1.47. The maximum Gasteiger partial charge on any atom is 0.252 e. The Hall–Kier alpha value is -2.88. The van der Waals surface area contributed by atoms with E-state index in [1.165, 1.54) is 25.7 Å². The molecule has 1 N–H and O–H groups in total.